The van der Waals surface area contributed by atoms with E-state index in [-0.39, 0.29) is 29.9 Å². The van der Waals surface area contributed by atoms with Crippen molar-refractivity contribution in [3.05, 3.63) is 59.9 Å². The SMILES string of the molecule is O=C(NC[C@@H]1CCCO1)Nc1ccc(NC(=O)[C@@H]2CCCN(C(=O)c3ccc(F)cc3)C2)cc1. The van der Waals surface area contributed by atoms with Crippen LogP contribution in [0.15, 0.2) is 48.5 Å². The lowest BCUT2D eigenvalue weighted by molar-refractivity contribution is -0.121. The lowest BCUT2D eigenvalue weighted by atomic mass is 9.96. The molecule has 2 atom stereocenters. The van der Waals surface area contributed by atoms with Crippen LogP contribution in [0.3, 0.4) is 0 Å². The van der Waals surface area contributed by atoms with Crippen LogP contribution >= 0.6 is 0 Å². The monoisotopic (exact) mass is 468 g/mol. The molecule has 8 nitrogen and oxygen atoms in total. The highest BCUT2D eigenvalue weighted by Crippen LogP contribution is 2.22. The molecule has 2 fully saturated rings. The van der Waals surface area contributed by atoms with Gasteiger partial charge in [-0.1, -0.05) is 0 Å². The Balaban J connectivity index is 1.26. The molecular weight excluding hydrogens is 439 g/mol. The number of hydrogen-bond acceptors (Lipinski definition) is 4. The zero-order valence-electron chi connectivity index (χ0n) is 18.9. The highest BCUT2D eigenvalue weighted by Gasteiger charge is 2.29. The lowest BCUT2D eigenvalue weighted by Crippen LogP contribution is -2.43. The Hall–Kier alpha value is -3.46. The summed E-state index contributed by atoms with van der Waals surface area (Å²) in [5.41, 5.74) is 1.62. The standard InChI is InChI=1S/C25H29FN4O4/c26-19-7-5-17(6-8-19)24(32)30-13-1-3-18(16-30)23(31)28-20-9-11-21(12-10-20)29-25(33)27-15-22-4-2-14-34-22/h5-12,18,22H,1-4,13-16H2,(H,28,31)(H2,27,29,33)/t18-,22+/m1/s1. The Morgan fingerprint density at radius 3 is 2.32 bits per heavy atom. The number of amides is 4. The molecule has 2 aromatic rings. The van der Waals surface area contributed by atoms with Crippen molar-refractivity contribution in [3.8, 4) is 0 Å². The van der Waals surface area contributed by atoms with Crippen LogP contribution in [0, 0.1) is 11.7 Å². The van der Waals surface area contributed by atoms with Gasteiger partial charge in [0.2, 0.25) is 5.91 Å². The zero-order valence-corrected chi connectivity index (χ0v) is 18.9. The number of anilines is 2. The van der Waals surface area contributed by atoms with Crippen molar-refractivity contribution in [3.63, 3.8) is 0 Å². The summed E-state index contributed by atoms with van der Waals surface area (Å²) >= 11 is 0. The first-order valence-corrected chi connectivity index (χ1v) is 11.6. The summed E-state index contributed by atoms with van der Waals surface area (Å²) in [5, 5.41) is 8.45. The van der Waals surface area contributed by atoms with E-state index < -0.39 is 5.82 Å². The zero-order chi connectivity index (χ0) is 23.9. The van der Waals surface area contributed by atoms with E-state index in [4.69, 9.17) is 4.74 Å². The van der Waals surface area contributed by atoms with Crippen LogP contribution in [0.25, 0.3) is 0 Å². The first kappa shape index (κ1) is 23.7. The average Bonchev–Trinajstić information content (AvgIpc) is 3.38. The normalized spacial score (nSPS) is 20.0. The molecule has 2 aliphatic rings. The molecule has 4 amide bonds. The molecule has 2 aromatic carbocycles. The first-order valence-electron chi connectivity index (χ1n) is 11.6. The molecule has 3 N–H and O–H groups in total. The first-order chi connectivity index (χ1) is 16.5. The second-order valence-corrected chi connectivity index (χ2v) is 8.63. The smallest absolute Gasteiger partial charge is 0.319 e. The van der Waals surface area contributed by atoms with Crippen LogP contribution in [-0.2, 0) is 9.53 Å². The number of benzene rings is 2. The quantitative estimate of drug-likeness (QED) is 0.603. The van der Waals surface area contributed by atoms with Crippen molar-refractivity contribution < 1.29 is 23.5 Å². The molecule has 0 unspecified atom stereocenters. The number of carbonyl (C=O) groups excluding carboxylic acids is 3. The average molecular weight is 469 g/mol. The Morgan fingerprint density at radius 2 is 1.65 bits per heavy atom. The number of nitrogens with zero attached hydrogens (tertiary/aromatic N) is 1. The van der Waals surface area contributed by atoms with Crippen molar-refractivity contribution >= 4 is 29.2 Å². The molecule has 34 heavy (non-hydrogen) atoms. The van der Waals surface area contributed by atoms with Crippen LogP contribution in [0.1, 0.15) is 36.0 Å². The van der Waals surface area contributed by atoms with E-state index in [9.17, 15) is 18.8 Å². The summed E-state index contributed by atoms with van der Waals surface area (Å²) in [6.07, 6.45) is 3.45. The Labute approximate surface area is 197 Å². The number of urea groups is 1. The number of nitrogens with one attached hydrogen (secondary N) is 3. The van der Waals surface area contributed by atoms with Gasteiger partial charge >= 0.3 is 6.03 Å². The Morgan fingerprint density at radius 1 is 0.941 bits per heavy atom. The number of carbonyl (C=O) groups is 3. The second kappa shape index (κ2) is 11.1. The minimum atomic E-state index is -0.395. The molecule has 180 valence electrons. The minimum Gasteiger partial charge on any atom is -0.376 e. The molecule has 0 bridgehead atoms. The number of piperidine rings is 1. The largest absolute Gasteiger partial charge is 0.376 e. The number of hydrogen-bond donors (Lipinski definition) is 3. The van der Waals surface area contributed by atoms with Crippen LogP contribution < -0.4 is 16.0 Å². The van der Waals surface area contributed by atoms with Gasteiger partial charge in [0.15, 0.2) is 0 Å². The predicted octanol–water partition coefficient (Wildman–Crippen LogP) is 3.62. The number of halogens is 1. The van der Waals surface area contributed by atoms with Crippen molar-refractivity contribution in [2.75, 3.05) is 36.9 Å². The van der Waals surface area contributed by atoms with E-state index in [1.165, 1.54) is 24.3 Å². The van der Waals surface area contributed by atoms with E-state index in [1.807, 2.05) is 0 Å². The number of likely N-dealkylation sites (tertiary alicyclic amines) is 1. The van der Waals surface area contributed by atoms with E-state index in [2.05, 4.69) is 16.0 Å². The van der Waals surface area contributed by atoms with Gasteiger partial charge in [0, 0.05) is 43.2 Å². The highest BCUT2D eigenvalue weighted by atomic mass is 19.1. The van der Waals surface area contributed by atoms with Gasteiger partial charge in [-0.05, 0) is 74.2 Å². The van der Waals surface area contributed by atoms with Gasteiger partial charge in [-0.2, -0.15) is 0 Å². The summed E-state index contributed by atoms with van der Waals surface area (Å²) in [4.78, 5) is 39.2. The van der Waals surface area contributed by atoms with Crippen LogP contribution in [0.2, 0.25) is 0 Å². The fraction of sp³-hybridized carbons (Fsp3) is 0.400. The van der Waals surface area contributed by atoms with Crippen molar-refractivity contribution in [2.45, 2.75) is 31.8 Å². The summed E-state index contributed by atoms with van der Waals surface area (Å²) < 4.78 is 18.6. The highest BCUT2D eigenvalue weighted by molar-refractivity contribution is 5.96. The van der Waals surface area contributed by atoms with Crippen molar-refractivity contribution in [1.82, 2.24) is 10.2 Å². The topological polar surface area (TPSA) is 99.8 Å². The molecule has 9 heteroatoms. The van der Waals surface area contributed by atoms with E-state index >= 15 is 0 Å². The number of rotatable bonds is 6. The van der Waals surface area contributed by atoms with Gasteiger partial charge in [-0.25, -0.2) is 9.18 Å². The van der Waals surface area contributed by atoms with E-state index in [0.717, 1.165) is 25.9 Å². The maximum atomic E-state index is 13.1. The molecule has 0 radical (unpaired) electrons. The summed E-state index contributed by atoms with van der Waals surface area (Å²) in [5.74, 6) is -1.09. The van der Waals surface area contributed by atoms with Crippen LogP contribution in [0.4, 0.5) is 20.6 Å². The minimum absolute atomic E-state index is 0.0741. The molecule has 0 spiro atoms. The molecule has 0 aliphatic carbocycles. The summed E-state index contributed by atoms with van der Waals surface area (Å²) in [6, 6.07) is 12.0. The maximum Gasteiger partial charge on any atom is 0.319 e. The molecule has 2 heterocycles. The Bertz CT molecular complexity index is 1010. The predicted molar refractivity (Wildman–Crippen MR) is 126 cm³/mol. The van der Waals surface area contributed by atoms with Gasteiger partial charge in [-0.3, -0.25) is 9.59 Å². The maximum absolute atomic E-state index is 13.1. The van der Waals surface area contributed by atoms with Crippen molar-refractivity contribution in [1.29, 1.82) is 0 Å². The summed E-state index contributed by atoms with van der Waals surface area (Å²) in [7, 11) is 0. The van der Waals surface area contributed by atoms with Gasteiger partial charge in [0.05, 0.1) is 12.0 Å². The number of ether oxygens (including phenoxy) is 1. The van der Waals surface area contributed by atoms with Gasteiger partial charge in [0.25, 0.3) is 5.91 Å². The fourth-order valence-electron chi connectivity index (χ4n) is 4.22. The third-order valence-corrected chi connectivity index (χ3v) is 6.10. The third kappa shape index (κ3) is 6.32. The molecular formula is C25H29FN4O4. The van der Waals surface area contributed by atoms with E-state index in [1.54, 1.807) is 29.2 Å². The van der Waals surface area contributed by atoms with Crippen LogP contribution in [-0.4, -0.2) is 55.1 Å². The molecule has 0 saturated carbocycles. The Kier molecular flexibility index (Phi) is 7.74. The summed E-state index contributed by atoms with van der Waals surface area (Å²) in [6.45, 7) is 2.09. The van der Waals surface area contributed by atoms with Gasteiger partial charge < -0.3 is 25.6 Å². The molecule has 4 rings (SSSR count). The molecule has 2 saturated heterocycles. The van der Waals surface area contributed by atoms with Crippen LogP contribution in [0.5, 0.6) is 0 Å². The van der Waals surface area contributed by atoms with E-state index in [0.29, 0.717) is 43.0 Å². The van der Waals surface area contributed by atoms with Crippen molar-refractivity contribution in [2.24, 2.45) is 5.92 Å². The molecule has 2 aliphatic heterocycles. The van der Waals surface area contributed by atoms with Gasteiger partial charge in [-0.15, -0.1) is 0 Å². The second-order valence-electron chi connectivity index (χ2n) is 8.63. The fourth-order valence-corrected chi connectivity index (χ4v) is 4.22. The van der Waals surface area contributed by atoms with Gasteiger partial charge in [0.1, 0.15) is 5.82 Å². The third-order valence-electron chi connectivity index (χ3n) is 6.10. The molecule has 0 aromatic heterocycles. The lowest BCUT2D eigenvalue weighted by Gasteiger charge is -2.32.